The van der Waals surface area contributed by atoms with Crippen molar-refractivity contribution >= 4 is 11.8 Å². The molecule has 1 aromatic heterocycles. The zero-order valence-corrected chi connectivity index (χ0v) is 11.7. The van der Waals surface area contributed by atoms with Crippen LogP contribution in [0.2, 0.25) is 0 Å². The molecule has 0 aromatic carbocycles. The number of nitrogens with two attached hydrogens (primary N) is 1. The molecular weight excluding hydrogens is 238 g/mol. The van der Waals surface area contributed by atoms with Crippen LogP contribution < -0.4 is 10.6 Å². The van der Waals surface area contributed by atoms with E-state index in [-0.39, 0.29) is 0 Å². The monoisotopic (exact) mass is 261 g/mol. The first kappa shape index (κ1) is 12.7. The van der Waals surface area contributed by atoms with Crippen molar-refractivity contribution in [1.82, 2.24) is 14.9 Å². The van der Waals surface area contributed by atoms with Gasteiger partial charge in [0.2, 0.25) is 5.95 Å². The molecule has 0 spiro atoms. The Balaban J connectivity index is 1.86. The molecule has 3 rings (SSSR count). The summed E-state index contributed by atoms with van der Waals surface area (Å²) in [6.45, 7) is 4.13. The van der Waals surface area contributed by atoms with Crippen LogP contribution in [0.3, 0.4) is 0 Å². The lowest BCUT2D eigenvalue weighted by atomic mass is 10.1. The van der Waals surface area contributed by atoms with Crippen molar-refractivity contribution in [2.24, 2.45) is 0 Å². The van der Waals surface area contributed by atoms with Gasteiger partial charge in [0.15, 0.2) is 0 Å². The Bertz CT molecular complexity index is 451. The average Bonchev–Trinajstić information content (AvgIpc) is 2.65. The highest BCUT2D eigenvalue weighted by molar-refractivity contribution is 5.49. The molecule has 0 unspecified atom stereocenters. The van der Waals surface area contributed by atoms with Gasteiger partial charge in [-0.15, -0.1) is 0 Å². The maximum atomic E-state index is 6.16. The number of nitrogens with zero attached hydrogens (tertiary/aromatic N) is 4. The molecule has 2 aliphatic rings. The molecule has 0 bridgehead atoms. The minimum absolute atomic E-state index is 0.709. The van der Waals surface area contributed by atoms with E-state index in [1.54, 1.807) is 0 Å². The van der Waals surface area contributed by atoms with Gasteiger partial charge < -0.3 is 15.5 Å². The van der Waals surface area contributed by atoms with Gasteiger partial charge in [-0.1, -0.05) is 6.42 Å². The van der Waals surface area contributed by atoms with E-state index in [4.69, 9.17) is 10.7 Å². The fourth-order valence-electron chi connectivity index (χ4n) is 2.93. The van der Waals surface area contributed by atoms with Crippen LogP contribution in [0.4, 0.5) is 11.8 Å². The number of piperazine rings is 1. The Morgan fingerprint density at radius 1 is 0.947 bits per heavy atom. The van der Waals surface area contributed by atoms with E-state index < -0.39 is 0 Å². The molecule has 1 saturated heterocycles. The number of aromatic nitrogens is 2. The van der Waals surface area contributed by atoms with Crippen molar-refractivity contribution in [3.8, 4) is 0 Å². The van der Waals surface area contributed by atoms with E-state index in [2.05, 4.69) is 21.8 Å². The first-order valence-electron chi connectivity index (χ1n) is 7.33. The number of hydrogen-bond acceptors (Lipinski definition) is 5. The topological polar surface area (TPSA) is 58.3 Å². The van der Waals surface area contributed by atoms with Crippen molar-refractivity contribution in [2.75, 3.05) is 43.9 Å². The third-order valence-corrected chi connectivity index (χ3v) is 4.24. The zero-order valence-electron chi connectivity index (χ0n) is 11.7. The summed E-state index contributed by atoms with van der Waals surface area (Å²) in [5, 5.41) is 0. The van der Waals surface area contributed by atoms with Gasteiger partial charge in [0.25, 0.3) is 0 Å². The Hall–Kier alpha value is -1.36. The van der Waals surface area contributed by atoms with Gasteiger partial charge in [0.1, 0.15) is 5.82 Å². The Morgan fingerprint density at radius 2 is 1.68 bits per heavy atom. The van der Waals surface area contributed by atoms with Crippen molar-refractivity contribution in [3.05, 3.63) is 11.3 Å². The molecule has 104 valence electrons. The number of likely N-dealkylation sites (N-methyl/N-ethyl adjacent to an activating group) is 1. The molecule has 0 radical (unpaired) electrons. The highest BCUT2D eigenvalue weighted by Crippen LogP contribution is 2.25. The first-order valence-corrected chi connectivity index (χ1v) is 7.33. The van der Waals surface area contributed by atoms with Gasteiger partial charge in [0, 0.05) is 31.7 Å². The average molecular weight is 261 g/mol. The Morgan fingerprint density at radius 3 is 2.47 bits per heavy atom. The Kier molecular flexibility index (Phi) is 3.55. The molecule has 1 fully saturated rings. The van der Waals surface area contributed by atoms with E-state index in [0.717, 1.165) is 45.0 Å². The van der Waals surface area contributed by atoms with Crippen LogP contribution in [0.25, 0.3) is 0 Å². The SMILES string of the molecule is CN1CCN(c2nc(N)c3c(n2)CCCCC3)CC1. The van der Waals surface area contributed by atoms with Gasteiger partial charge in [-0.25, -0.2) is 4.98 Å². The molecular formula is C14H23N5. The lowest BCUT2D eigenvalue weighted by Crippen LogP contribution is -2.45. The van der Waals surface area contributed by atoms with E-state index in [9.17, 15) is 0 Å². The summed E-state index contributed by atoms with van der Waals surface area (Å²) in [7, 11) is 2.16. The number of hydrogen-bond donors (Lipinski definition) is 1. The third-order valence-electron chi connectivity index (χ3n) is 4.24. The number of fused-ring (bicyclic) bond motifs is 1. The smallest absolute Gasteiger partial charge is 0.227 e. The molecule has 5 nitrogen and oxygen atoms in total. The second kappa shape index (κ2) is 5.33. The first-order chi connectivity index (χ1) is 9.24. The van der Waals surface area contributed by atoms with Crippen LogP contribution in [0.1, 0.15) is 30.5 Å². The van der Waals surface area contributed by atoms with Crippen LogP contribution in [-0.2, 0) is 12.8 Å². The quantitative estimate of drug-likeness (QED) is 0.767. The standard InChI is InChI=1S/C14H23N5/c1-18-7-9-19(10-8-18)14-16-12-6-4-2-3-5-11(12)13(15)17-14/h2-10H2,1H3,(H2,15,16,17). The highest BCUT2D eigenvalue weighted by atomic mass is 15.3. The largest absolute Gasteiger partial charge is 0.383 e. The zero-order chi connectivity index (χ0) is 13.2. The highest BCUT2D eigenvalue weighted by Gasteiger charge is 2.20. The van der Waals surface area contributed by atoms with E-state index >= 15 is 0 Å². The third kappa shape index (κ3) is 2.66. The predicted octanol–water partition coefficient (Wildman–Crippen LogP) is 1.08. The molecule has 2 N–H and O–H groups in total. The molecule has 1 aromatic rings. The molecule has 19 heavy (non-hydrogen) atoms. The van der Waals surface area contributed by atoms with Gasteiger partial charge in [-0.05, 0) is 32.7 Å². The fraction of sp³-hybridized carbons (Fsp3) is 0.714. The fourth-order valence-corrected chi connectivity index (χ4v) is 2.93. The maximum absolute atomic E-state index is 6.16. The molecule has 2 heterocycles. The normalized spacial score (nSPS) is 21.0. The van der Waals surface area contributed by atoms with E-state index in [0.29, 0.717) is 5.82 Å². The minimum Gasteiger partial charge on any atom is -0.383 e. The van der Waals surface area contributed by atoms with E-state index in [1.165, 1.54) is 30.5 Å². The summed E-state index contributed by atoms with van der Waals surface area (Å²) in [6, 6.07) is 0. The minimum atomic E-state index is 0.709. The molecule has 5 heteroatoms. The van der Waals surface area contributed by atoms with Crippen molar-refractivity contribution in [1.29, 1.82) is 0 Å². The van der Waals surface area contributed by atoms with Crippen molar-refractivity contribution in [3.63, 3.8) is 0 Å². The number of aryl methyl sites for hydroxylation is 1. The molecule has 1 aliphatic heterocycles. The van der Waals surface area contributed by atoms with Gasteiger partial charge in [0.05, 0.1) is 5.69 Å². The summed E-state index contributed by atoms with van der Waals surface area (Å²) < 4.78 is 0. The van der Waals surface area contributed by atoms with Gasteiger partial charge >= 0.3 is 0 Å². The summed E-state index contributed by atoms with van der Waals surface area (Å²) >= 11 is 0. The summed E-state index contributed by atoms with van der Waals surface area (Å²) in [4.78, 5) is 14.0. The molecule has 1 aliphatic carbocycles. The Labute approximate surface area is 114 Å². The van der Waals surface area contributed by atoms with Crippen molar-refractivity contribution < 1.29 is 0 Å². The molecule has 0 atom stereocenters. The second-order valence-electron chi connectivity index (χ2n) is 5.69. The van der Waals surface area contributed by atoms with Crippen LogP contribution in [0.15, 0.2) is 0 Å². The van der Waals surface area contributed by atoms with Crippen molar-refractivity contribution in [2.45, 2.75) is 32.1 Å². The van der Waals surface area contributed by atoms with E-state index in [1.807, 2.05) is 0 Å². The number of nitrogen functional groups attached to an aromatic ring is 1. The second-order valence-corrected chi connectivity index (χ2v) is 5.69. The lowest BCUT2D eigenvalue weighted by molar-refractivity contribution is 0.311. The summed E-state index contributed by atoms with van der Waals surface area (Å²) in [5.74, 6) is 1.55. The summed E-state index contributed by atoms with van der Waals surface area (Å²) in [6.07, 6.45) is 5.83. The van der Waals surface area contributed by atoms with Crippen LogP contribution >= 0.6 is 0 Å². The predicted molar refractivity (Wildman–Crippen MR) is 77.4 cm³/mol. The lowest BCUT2D eigenvalue weighted by Gasteiger charge is -2.32. The van der Waals surface area contributed by atoms with Crippen LogP contribution in [0.5, 0.6) is 0 Å². The molecule has 0 amide bonds. The van der Waals surface area contributed by atoms with Crippen LogP contribution in [-0.4, -0.2) is 48.1 Å². The summed E-state index contributed by atoms with van der Waals surface area (Å²) in [5.41, 5.74) is 8.55. The number of rotatable bonds is 1. The van der Waals surface area contributed by atoms with Crippen LogP contribution in [0, 0.1) is 0 Å². The number of anilines is 2. The maximum Gasteiger partial charge on any atom is 0.227 e. The van der Waals surface area contributed by atoms with Gasteiger partial charge in [-0.2, -0.15) is 4.98 Å². The van der Waals surface area contributed by atoms with Gasteiger partial charge in [-0.3, -0.25) is 0 Å². The molecule has 0 saturated carbocycles.